The molecule has 0 spiro atoms. The number of amides is 4. The number of aromatic nitrogens is 6. The number of hydrogen-bond acceptors (Lipinski definition) is 20. The monoisotopic (exact) mass is 1380 g/mol. The van der Waals surface area contributed by atoms with Crippen LogP contribution in [0, 0.1) is 60.2 Å². The van der Waals surface area contributed by atoms with Crippen molar-refractivity contribution in [2.24, 2.45) is 46.3 Å². The number of alkyl carbamates (subject to hydrolysis) is 2. The van der Waals surface area contributed by atoms with Gasteiger partial charge in [-0.05, 0) is 164 Å². The molecule has 24 nitrogen and oxygen atoms in total. The van der Waals surface area contributed by atoms with E-state index in [1.165, 1.54) is 20.3 Å². The molecule has 0 radical (unpaired) electrons. The van der Waals surface area contributed by atoms with Crippen LogP contribution in [0.5, 0.6) is 23.3 Å². The number of ketones is 2. The number of oxazole rings is 2. The third-order valence-corrected chi connectivity index (χ3v) is 21.8. The molecule has 7 aliphatic rings. The van der Waals surface area contributed by atoms with Crippen LogP contribution >= 0.6 is 0 Å². The first-order chi connectivity index (χ1) is 47.6. The smallest absolute Gasteiger partial charge is 0.408 e. The Morgan fingerprint density at radius 1 is 0.580 bits per heavy atom. The van der Waals surface area contributed by atoms with Crippen LogP contribution in [0.25, 0.3) is 22.1 Å². The van der Waals surface area contributed by atoms with Gasteiger partial charge in [0.05, 0.1) is 59.6 Å². The lowest BCUT2D eigenvalue weighted by Gasteiger charge is -2.37. The topological polar surface area (TPSA) is 292 Å². The van der Waals surface area contributed by atoms with Gasteiger partial charge < -0.3 is 57.7 Å². The maximum absolute atomic E-state index is 14.4. The van der Waals surface area contributed by atoms with Crippen molar-refractivity contribution in [2.45, 2.75) is 248 Å². The number of Topliss-reactive ketones (excluding diaryl/α,β-unsaturated/α-hetero) is 2. The van der Waals surface area contributed by atoms with Crippen molar-refractivity contribution in [3.8, 4) is 23.3 Å². The number of hydrogen-bond donors (Lipinski definition) is 2. The Morgan fingerprint density at radius 2 is 1.06 bits per heavy atom. The van der Waals surface area contributed by atoms with Crippen LogP contribution in [0.3, 0.4) is 0 Å². The Hall–Kier alpha value is -8.44. The SMILES string of the molecule is CC(=O)[C@@H]1[C@H](C)[C@@H]2CN1C(=O)[C@H](C(C)(C)C)NC(=O)O[C@@H]1CC3CC3[C@H]1CCCCCc1nc3ccc(OCc4ncc(C)o4)cc3nc1O2.CC(=O)[C@@H]1[C@H](C)[C@@H]2CN1C(=O)[C@H](C(C)(C)C)NC(=O)O[C@]1(C)CCC[C@H]1CCCCCc1nc3ccc(OCc4ncc(C)o4)cc3nc1O2. The molecular formula is C76H100N10O14. The summed E-state index contributed by atoms with van der Waals surface area (Å²) in [7, 11) is 0. The van der Waals surface area contributed by atoms with Gasteiger partial charge in [0.1, 0.15) is 70.4 Å². The molecular weight excluding hydrogens is 1280 g/mol. The fourth-order valence-corrected chi connectivity index (χ4v) is 16.3. The maximum atomic E-state index is 14.4. The van der Waals surface area contributed by atoms with Gasteiger partial charge in [0.15, 0.2) is 24.8 Å². The molecule has 14 atom stereocenters. The van der Waals surface area contributed by atoms with Gasteiger partial charge in [0.2, 0.25) is 35.4 Å². The second-order valence-electron chi connectivity index (χ2n) is 31.6. The minimum atomic E-state index is -0.917. The lowest BCUT2D eigenvalue weighted by molar-refractivity contribution is -0.141. The standard InChI is InChI=1S/C38H49N5O7.C38H51N5O7/c1-20-17-39-32(48-20)19-47-24-12-13-27-29(16-24)41-35-28(40-27)11-9-7-8-10-25-26-14-23(26)15-30(25)50-37(46)42-34(38(4,5)6)36(45)43-18-31(49-35)21(2)33(43)22(3)44;1-22-19-39-31(48-22)21-47-26-15-16-27-29(18-26)41-34-28(40-27)14-10-8-9-12-25-13-11-17-38(25,7)50-36(46)42-33(37(4,5)6)35(45)43-20-30(49-34)23(2)32(43)24(3)44/h12-13,16-17,21,23,25-26,30-31,33-34H,7-11,14-15,18-19H2,1-6H3,(H,42,46);15-16,18-19,23,25,30,32-33H,8-14,17,20-21H2,1-7H3,(H,42,46)/t21-,23?,25-,26?,30-,31+,33+,34-;23-,25-,30+,32+,33-,38-/m11/s1. The largest absolute Gasteiger partial charge is 0.484 e. The number of aryl methyl sites for hydroxylation is 4. The second kappa shape index (κ2) is 29.3. The van der Waals surface area contributed by atoms with Crippen molar-refractivity contribution in [2.75, 3.05) is 13.1 Å². The van der Waals surface area contributed by atoms with Crippen molar-refractivity contribution in [3.63, 3.8) is 0 Å². The van der Waals surface area contributed by atoms with Gasteiger partial charge in [-0.3, -0.25) is 19.2 Å². The van der Waals surface area contributed by atoms with Crippen molar-refractivity contribution < 1.29 is 66.0 Å². The quantitative estimate of drug-likeness (QED) is 0.143. The molecule has 3 saturated carbocycles. The molecule has 2 N–H and O–H groups in total. The molecule has 4 bridgehead atoms. The van der Waals surface area contributed by atoms with Gasteiger partial charge >= 0.3 is 12.2 Å². The minimum absolute atomic E-state index is 0.140. The number of rotatable bonds is 8. The molecule has 3 aliphatic carbocycles. The third-order valence-electron chi connectivity index (χ3n) is 21.8. The van der Waals surface area contributed by atoms with Crippen molar-refractivity contribution in [1.29, 1.82) is 0 Å². The summed E-state index contributed by atoms with van der Waals surface area (Å²) < 4.78 is 48.5. The van der Waals surface area contributed by atoms with E-state index >= 15 is 0 Å². The van der Waals surface area contributed by atoms with E-state index in [1.54, 1.807) is 22.2 Å². The van der Waals surface area contributed by atoms with Crippen LogP contribution in [0.15, 0.2) is 57.6 Å². The molecule has 4 aliphatic heterocycles. The number of nitrogens with zero attached hydrogens (tertiary/aromatic N) is 8. The van der Waals surface area contributed by atoms with E-state index < -0.39 is 65.0 Å². The van der Waals surface area contributed by atoms with Gasteiger partial charge in [-0.2, -0.15) is 0 Å². The zero-order chi connectivity index (χ0) is 71.1. The summed E-state index contributed by atoms with van der Waals surface area (Å²) in [4.78, 5) is 113. The van der Waals surface area contributed by atoms with Crippen LogP contribution in [-0.4, -0.2) is 136 Å². The average Bonchev–Trinajstić information content (AvgIpc) is 1.54. The molecule has 538 valence electrons. The fraction of sp³-hybridized carbons (Fsp3) is 0.632. The predicted octanol–water partition coefficient (Wildman–Crippen LogP) is 12.5. The first kappa shape index (κ1) is 71.4. The summed E-state index contributed by atoms with van der Waals surface area (Å²) in [6, 6.07) is 7.86. The summed E-state index contributed by atoms with van der Waals surface area (Å²) >= 11 is 0. The Bertz CT molecular complexity index is 3870. The highest BCUT2D eigenvalue weighted by Gasteiger charge is 2.56. The third kappa shape index (κ3) is 16.0. The van der Waals surface area contributed by atoms with Gasteiger partial charge in [0, 0.05) is 24.0 Å². The maximum Gasteiger partial charge on any atom is 0.408 e. The van der Waals surface area contributed by atoms with Crippen LogP contribution in [0.4, 0.5) is 9.59 Å². The summed E-state index contributed by atoms with van der Waals surface area (Å²) in [5, 5.41) is 5.85. The number of carbonyl (C=O) groups excluding carboxylic acids is 6. The minimum Gasteiger partial charge on any atom is -0.484 e. The zero-order valence-electron chi connectivity index (χ0n) is 60.4. The van der Waals surface area contributed by atoms with Crippen molar-refractivity contribution >= 4 is 57.6 Å². The number of nitrogens with one attached hydrogen (secondary N) is 2. The molecule has 100 heavy (non-hydrogen) atoms. The summed E-state index contributed by atoms with van der Waals surface area (Å²) in [6.07, 6.45) is 14.9. The molecule has 5 fully saturated rings. The van der Waals surface area contributed by atoms with Gasteiger partial charge in [-0.1, -0.05) is 81.1 Å². The van der Waals surface area contributed by atoms with Crippen LogP contribution in [0.1, 0.15) is 194 Å². The summed E-state index contributed by atoms with van der Waals surface area (Å²) in [6.45, 7) is 24.6. The van der Waals surface area contributed by atoms with Gasteiger partial charge in [-0.25, -0.2) is 39.5 Å². The van der Waals surface area contributed by atoms with Crippen molar-refractivity contribution in [3.05, 3.63) is 83.5 Å². The van der Waals surface area contributed by atoms with E-state index in [-0.39, 0.29) is 73.5 Å². The van der Waals surface area contributed by atoms with E-state index in [9.17, 15) is 28.8 Å². The number of benzene rings is 2. The van der Waals surface area contributed by atoms with E-state index in [0.29, 0.717) is 93.7 Å². The van der Waals surface area contributed by atoms with E-state index in [0.717, 1.165) is 94.0 Å². The molecule has 4 aromatic heterocycles. The molecule has 4 amide bonds. The molecule has 24 heteroatoms. The molecule has 13 rings (SSSR count). The second-order valence-corrected chi connectivity index (χ2v) is 31.6. The van der Waals surface area contributed by atoms with Crippen LogP contribution < -0.4 is 29.6 Å². The lowest BCUT2D eigenvalue weighted by atomic mass is 9.85. The van der Waals surface area contributed by atoms with Gasteiger partial charge in [0.25, 0.3) is 0 Å². The Morgan fingerprint density at radius 3 is 1.53 bits per heavy atom. The van der Waals surface area contributed by atoms with E-state index in [4.69, 9.17) is 57.2 Å². The van der Waals surface area contributed by atoms with Crippen molar-refractivity contribution in [1.82, 2.24) is 50.3 Å². The predicted molar refractivity (Wildman–Crippen MR) is 369 cm³/mol. The van der Waals surface area contributed by atoms with Gasteiger partial charge in [-0.15, -0.1) is 0 Å². The molecule has 2 saturated heterocycles. The first-order valence-electron chi connectivity index (χ1n) is 36.2. The number of fused-ring (bicyclic) bond motifs is 12. The lowest BCUT2D eigenvalue weighted by Crippen LogP contribution is -2.57. The van der Waals surface area contributed by atoms with Crippen LogP contribution in [-0.2, 0) is 54.7 Å². The zero-order valence-corrected chi connectivity index (χ0v) is 60.4. The van der Waals surface area contributed by atoms with Crippen LogP contribution in [0.2, 0.25) is 0 Å². The Balaban J connectivity index is 0.000000190. The first-order valence-corrected chi connectivity index (χ1v) is 36.2. The molecule has 2 unspecified atom stereocenters. The number of ether oxygens (including phenoxy) is 6. The Labute approximate surface area is 585 Å². The average molecular weight is 1380 g/mol. The fourth-order valence-electron chi connectivity index (χ4n) is 16.3. The summed E-state index contributed by atoms with van der Waals surface area (Å²) in [5.41, 5.74) is 2.25. The molecule has 2 aromatic carbocycles. The highest BCUT2D eigenvalue weighted by Crippen LogP contribution is 2.58. The molecule has 6 aromatic rings. The van der Waals surface area contributed by atoms with E-state index in [1.807, 2.05) is 113 Å². The molecule has 8 heterocycles. The highest BCUT2D eigenvalue weighted by molar-refractivity contribution is 5.94. The normalized spacial score (nSPS) is 29.2. The number of carbonyl (C=O) groups is 6. The Kier molecular flexibility index (Phi) is 20.9. The van der Waals surface area contributed by atoms with E-state index in [2.05, 4.69) is 20.6 Å². The highest BCUT2D eigenvalue weighted by atomic mass is 16.6. The summed E-state index contributed by atoms with van der Waals surface area (Å²) in [5.74, 6) is 4.53.